The van der Waals surface area contributed by atoms with Crippen LogP contribution < -0.4 is 5.32 Å². The van der Waals surface area contributed by atoms with Gasteiger partial charge in [-0.2, -0.15) is 0 Å². The second kappa shape index (κ2) is 5.62. The lowest BCUT2D eigenvalue weighted by Crippen LogP contribution is -2.17. The number of thioether (sulfide) groups is 1. The van der Waals surface area contributed by atoms with Crippen molar-refractivity contribution in [1.82, 2.24) is 10.3 Å². The standard InChI is InChI=1S/C9H13BrN2S/c1-7(6-11-2)13-9-8(10)4-3-5-12-9/h3-5,7,11H,6H2,1-2H3. The Bertz CT molecular complexity index is 268. The normalized spacial score (nSPS) is 12.8. The second-order valence-corrected chi connectivity index (χ2v) is 5.06. The molecule has 0 aromatic carbocycles. The van der Waals surface area contributed by atoms with Crippen molar-refractivity contribution in [3.63, 3.8) is 0 Å². The molecule has 1 N–H and O–H groups in total. The number of pyridine rings is 1. The molecule has 1 aromatic heterocycles. The Morgan fingerprint density at radius 1 is 1.69 bits per heavy atom. The van der Waals surface area contributed by atoms with Gasteiger partial charge in [0.05, 0.1) is 0 Å². The zero-order chi connectivity index (χ0) is 9.68. The van der Waals surface area contributed by atoms with E-state index in [4.69, 9.17) is 0 Å². The van der Waals surface area contributed by atoms with Crippen LogP contribution >= 0.6 is 27.7 Å². The van der Waals surface area contributed by atoms with Crippen LogP contribution in [-0.4, -0.2) is 23.8 Å². The van der Waals surface area contributed by atoms with E-state index in [9.17, 15) is 0 Å². The summed E-state index contributed by atoms with van der Waals surface area (Å²) in [6.45, 7) is 3.18. The summed E-state index contributed by atoms with van der Waals surface area (Å²) >= 11 is 5.25. The highest BCUT2D eigenvalue weighted by Gasteiger charge is 2.06. The molecule has 0 amide bonds. The molecule has 0 spiro atoms. The molecule has 72 valence electrons. The second-order valence-electron chi connectivity index (χ2n) is 2.78. The number of hydrogen-bond acceptors (Lipinski definition) is 3. The monoisotopic (exact) mass is 260 g/mol. The predicted octanol–water partition coefficient (Wildman–Crippen LogP) is 2.54. The maximum atomic E-state index is 4.29. The molecule has 4 heteroatoms. The highest BCUT2D eigenvalue weighted by Crippen LogP contribution is 2.27. The number of hydrogen-bond donors (Lipinski definition) is 1. The van der Waals surface area contributed by atoms with Crippen molar-refractivity contribution in [3.8, 4) is 0 Å². The molecule has 0 fully saturated rings. The summed E-state index contributed by atoms with van der Waals surface area (Å²) < 4.78 is 1.07. The van der Waals surface area contributed by atoms with Gasteiger partial charge < -0.3 is 5.32 Å². The van der Waals surface area contributed by atoms with Crippen LogP contribution in [0.4, 0.5) is 0 Å². The Morgan fingerprint density at radius 2 is 2.46 bits per heavy atom. The van der Waals surface area contributed by atoms with E-state index < -0.39 is 0 Å². The molecule has 0 aliphatic rings. The van der Waals surface area contributed by atoms with Gasteiger partial charge in [0.2, 0.25) is 0 Å². The lowest BCUT2D eigenvalue weighted by atomic mass is 10.5. The van der Waals surface area contributed by atoms with Crippen molar-refractivity contribution in [2.75, 3.05) is 13.6 Å². The van der Waals surface area contributed by atoms with Crippen LogP contribution in [0.5, 0.6) is 0 Å². The van der Waals surface area contributed by atoms with Crippen molar-refractivity contribution in [3.05, 3.63) is 22.8 Å². The predicted molar refractivity (Wildman–Crippen MR) is 61.2 cm³/mol. The zero-order valence-corrected chi connectivity index (χ0v) is 10.2. The minimum absolute atomic E-state index is 0.538. The van der Waals surface area contributed by atoms with E-state index in [0.717, 1.165) is 16.0 Å². The maximum Gasteiger partial charge on any atom is 0.110 e. The Balaban J connectivity index is 2.58. The SMILES string of the molecule is CNCC(C)Sc1ncccc1Br. The van der Waals surface area contributed by atoms with Crippen molar-refractivity contribution < 1.29 is 0 Å². The fourth-order valence-corrected chi connectivity index (χ4v) is 2.45. The van der Waals surface area contributed by atoms with E-state index >= 15 is 0 Å². The molecular weight excluding hydrogens is 248 g/mol. The Hall–Kier alpha value is -0.0600. The van der Waals surface area contributed by atoms with Crippen LogP contribution in [-0.2, 0) is 0 Å². The number of rotatable bonds is 4. The molecule has 0 saturated carbocycles. The third kappa shape index (κ3) is 3.67. The Labute approximate surface area is 91.7 Å². The van der Waals surface area contributed by atoms with Gasteiger partial charge in [0.25, 0.3) is 0 Å². The molecule has 1 atom stereocenters. The average Bonchev–Trinajstić information content (AvgIpc) is 2.09. The zero-order valence-electron chi connectivity index (χ0n) is 7.75. The Morgan fingerprint density at radius 3 is 3.08 bits per heavy atom. The van der Waals surface area contributed by atoms with Crippen molar-refractivity contribution in [1.29, 1.82) is 0 Å². The molecule has 13 heavy (non-hydrogen) atoms. The summed E-state index contributed by atoms with van der Waals surface area (Å²) in [5.74, 6) is 0. The van der Waals surface area contributed by atoms with Gasteiger partial charge in [-0.1, -0.05) is 6.92 Å². The molecule has 1 aromatic rings. The van der Waals surface area contributed by atoms with E-state index in [1.54, 1.807) is 11.8 Å². The number of nitrogens with one attached hydrogen (secondary N) is 1. The molecule has 1 unspecified atom stereocenters. The van der Waals surface area contributed by atoms with Gasteiger partial charge in [0.1, 0.15) is 5.03 Å². The lowest BCUT2D eigenvalue weighted by Gasteiger charge is -2.10. The molecule has 1 heterocycles. The first-order valence-electron chi connectivity index (χ1n) is 4.16. The molecule has 1 rings (SSSR count). The third-order valence-electron chi connectivity index (χ3n) is 1.53. The van der Waals surface area contributed by atoms with E-state index in [2.05, 4.69) is 33.2 Å². The third-order valence-corrected chi connectivity index (χ3v) is 3.55. The quantitative estimate of drug-likeness (QED) is 0.843. The number of aromatic nitrogens is 1. The summed E-state index contributed by atoms with van der Waals surface area (Å²) in [7, 11) is 1.96. The van der Waals surface area contributed by atoms with Gasteiger partial charge in [0.15, 0.2) is 0 Å². The smallest absolute Gasteiger partial charge is 0.110 e. The van der Waals surface area contributed by atoms with Crippen LogP contribution in [0.3, 0.4) is 0 Å². The van der Waals surface area contributed by atoms with Gasteiger partial charge in [-0.05, 0) is 35.1 Å². The van der Waals surface area contributed by atoms with Crippen LogP contribution in [0.2, 0.25) is 0 Å². The summed E-state index contributed by atoms with van der Waals surface area (Å²) in [5.41, 5.74) is 0. The Kier molecular flexibility index (Phi) is 4.77. The van der Waals surface area contributed by atoms with Gasteiger partial charge in [-0.15, -0.1) is 11.8 Å². The first-order chi connectivity index (χ1) is 6.24. The molecule has 0 aliphatic carbocycles. The molecule has 0 saturated heterocycles. The van der Waals surface area contributed by atoms with Crippen LogP contribution in [0.1, 0.15) is 6.92 Å². The minimum atomic E-state index is 0.538. The van der Waals surface area contributed by atoms with Gasteiger partial charge >= 0.3 is 0 Å². The van der Waals surface area contributed by atoms with E-state index in [1.807, 2.05) is 25.4 Å². The number of nitrogens with zero attached hydrogens (tertiary/aromatic N) is 1. The summed E-state index contributed by atoms with van der Waals surface area (Å²) in [5, 5.41) is 4.74. The van der Waals surface area contributed by atoms with Crippen LogP contribution in [0, 0.1) is 0 Å². The highest BCUT2D eigenvalue weighted by atomic mass is 79.9. The van der Waals surface area contributed by atoms with Crippen molar-refractivity contribution in [2.45, 2.75) is 17.2 Å². The van der Waals surface area contributed by atoms with Gasteiger partial charge in [-0.25, -0.2) is 4.98 Å². The van der Waals surface area contributed by atoms with Crippen molar-refractivity contribution >= 4 is 27.7 Å². The molecule has 0 aliphatic heterocycles. The maximum absolute atomic E-state index is 4.29. The highest BCUT2D eigenvalue weighted by molar-refractivity contribution is 9.10. The van der Waals surface area contributed by atoms with Crippen molar-refractivity contribution in [2.24, 2.45) is 0 Å². The lowest BCUT2D eigenvalue weighted by molar-refractivity contribution is 0.783. The largest absolute Gasteiger partial charge is 0.319 e. The number of halogens is 1. The van der Waals surface area contributed by atoms with E-state index in [1.165, 1.54) is 0 Å². The first kappa shape index (κ1) is 11.0. The first-order valence-corrected chi connectivity index (χ1v) is 5.83. The van der Waals surface area contributed by atoms with Crippen LogP contribution in [0.15, 0.2) is 27.8 Å². The minimum Gasteiger partial charge on any atom is -0.319 e. The van der Waals surface area contributed by atoms with Gasteiger partial charge in [-0.3, -0.25) is 0 Å². The topological polar surface area (TPSA) is 24.9 Å². The summed E-state index contributed by atoms with van der Waals surface area (Å²) in [6, 6.07) is 3.94. The molecule has 0 bridgehead atoms. The fourth-order valence-electron chi connectivity index (χ4n) is 0.978. The summed E-state index contributed by atoms with van der Waals surface area (Å²) in [6.07, 6.45) is 1.82. The molecular formula is C9H13BrN2S. The van der Waals surface area contributed by atoms with E-state index in [0.29, 0.717) is 5.25 Å². The average molecular weight is 261 g/mol. The van der Waals surface area contributed by atoms with Crippen LogP contribution in [0.25, 0.3) is 0 Å². The molecule has 0 radical (unpaired) electrons. The fraction of sp³-hybridized carbons (Fsp3) is 0.444. The molecule has 2 nitrogen and oxygen atoms in total. The summed E-state index contributed by atoms with van der Waals surface area (Å²) in [4.78, 5) is 4.29. The van der Waals surface area contributed by atoms with E-state index in [-0.39, 0.29) is 0 Å². The van der Waals surface area contributed by atoms with Gasteiger partial charge in [0, 0.05) is 22.5 Å².